The first kappa shape index (κ1) is 7.17. The molecule has 0 spiro atoms. The predicted octanol–water partition coefficient (Wildman–Crippen LogP) is -0.451. The lowest BCUT2D eigenvalue weighted by molar-refractivity contribution is -0.139. The summed E-state index contributed by atoms with van der Waals surface area (Å²) in [6.45, 7) is 0. The molecule has 0 bridgehead atoms. The lowest BCUT2D eigenvalue weighted by atomic mass is 9.99. The van der Waals surface area contributed by atoms with Crippen molar-refractivity contribution >= 4 is 5.97 Å². The van der Waals surface area contributed by atoms with Gasteiger partial charge in [-0.25, -0.2) is 5.43 Å². The zero-order chi connectivity index (χ0) is 8.55. The summed E-state index contributed by atoms with van der Waals surface area (Å²) in [6, 6.07) is -0.601. The fraction of sp³-hybridized carbons (Fsp3) is 0.286. The second-order valence-electron chi connectivity index (χ2n) is 2.65. The van der Waals surface area contributed by atoms with Crippen LogP contribution in [0.4, 0.5) is 0 Å². The van der Waals surface area contributed by atoms with Gasteiger partial charge in [0, 0.05) is 0 Å². The van der Waals surface area contributed by atoms with Crippen molar-refractivity contribution in [1.29, 1.82) is 0 Å². The molecule has 0 aliphatic carbocycles. The number of hydrogen-bond acceptors (Lipinski definition) is 4. The van der Waals surface area contributed by atoms with Crippen LogP contribution in [0, 0.1) is 5.92 Å². The summed E-state index contributed by atoms with van der Waals surface area (Å²) in [5.41, 5.74) is 6.15. The lowest BCUT2D eigenvalue weighted by Gasteiger charge is -2.12. The third-order valence-electron chi connectivity index (χ3n) is 1.92. The van der Waals surface area contributed by atoms with Crippen LogP contribution in [-0.2, 0) is 9.53 Å². The van der Waals surface area contributed by atoms with Gasteiger partial charge in [0.1, 0.15) is 12.3 Å². The predicted molar refractivity (Wildman–Crippen MR) is 39.5 cm³/mol. The van der Waals surface area contributed by atoms with E-state index in [2.05, 4.69) is 10.9 Å². The maximum atomic E-state index is 10.7. The number of rotatable bonds is 1. The number of carbonyl (C=O) groups is 1. The van der Waals surface area contributed by atoms with Crippen molar-refractivity contribution in [1.82, 2.24) is 10.9 Å². The van der Waals surface area contributed by atoms with Crippen LogP contribution in [0.25, 0.3) is 0 Å². The standard InChI is InChI=1S/C7H8N2O3/c10-7(11)6-4-1-2-12-3-5(4)8-9-6/h1-4,6,8-9H,(H,10,11). The van der Waals surface area contributed by atoms with E-state index >= 15 is 0 Å². The van der Waals surface area contributed by atoms with Crippen LogP contribution in [0.1, 0.15) is 0 Å². The van der Waals surface area contributed by atoms with Gasteiger partial charge < -0.3 is 15.3 Å². The van der Waals surface area contributed by atoms with E-state index in [9.17, 15) is 4.79 Å². The Labute approximate surface area is 68.7 Å². The maximum Gasteiger partial charge on any atom is 0.323 e. The summed E-state index contributed by atoms with van der Waals surface area (Å²) in [5, 5.41) is 8.75. The van der Waals surface area contributed by atoms with Gasteiger partial charge in [0.2, 0.25) is 0 Å². The van der Waals surface area contributed by atoms with E-state index in [1.54, 1.807) is 6.08 Å². The summed E-state index contributed by atoms with van der Waals surface area (Å²) in [7, 11) is 0. The quantitative estimate of drug-likeness (QED) is 0.494. The molecule has 0 aromatic heterocycles. The number of carboxylic acids is 1. The second-order valence-corrected chi connectivity index (χ2v) is 2.65. The first-order valence-electron chi connectivity index (χ1n) is 3.55. The SMILES string of the molecule is O=C(O)C1NNC2=COC=CC21. The summed E-state index contributed by atoms with van der Waals surface area (Å²) in [5.74, 6) is -1.02. The maximum absolute atomic E-state index is 10.7. The van der Waals surface area contributed by atoms with Crippen molar-refractivity contribution < 1.29 is 14.6 Å². The van der Waals surface area contributed by atoms with Crippen molar-refractivity contribution in [2.75, 3.05) is 0 Å². The molecule has 2 heterocycles. The van der Waals surface area contributed by atoms with Crippen LogP contribution < -0.4 is 10.9 Å². The zero-order valence-corrected chi connectivity index (χ0v) is 6.15. The number of nitrogens with one attached hydrogen (secondary N) is 2. The Bertz CT molecular complexity index is 272. The van der Waals surface area contributed by atoms with E-state index in [0.29, 0.717) is 0 Å². The van der Waals surface area contributed by atoms with Crippen molar-refractivity contribution in [3.63, 3.8) is 0 Å². The lowest BCUT2D eigenvalue weighted by Crippen LogP contribution is -2.38. The summed E-state index contributed by atoms with van der Waals surface area (Å²) < 4.78 is 4.87. The van der Waals surface area contributed by atoms with Gasteiger partial charge in [-0.2, -0.15) is 0 Å². The van der Waals surface area contributed by atoms with Crippen molar-refractivity contribution in [2.24, 2.45) is 5.92 Å². The Balaban J connectivity index is 2.22. The average Bonchev–Trinajstić information content (AvgIpc) is 2.47. The van der Waals surface area contributed by atoms with Crippen molar-refractivity contribution in [3.8, 4) is 0 Å². The number of hydrogen-bond donors (Lipinski definition) is 3. The molecule has 0 amide bonds. The third-order valence-corrected chi connectivity index (χ3v) is 1.92. The molecule has 0 radical (unpaired) electrons. The molecule has 5 nitrogen and oxygen atoms in total. The zero-order valence-electron chi connectivity index (χ0n) is 6.15. The Morgan fingerprint density at radius 2 is 2.50 bits per heavy atom. The molecular formula is C7H8N2O3. The Kier molecular flexibility index (Phi) is 1.51. The Morgan fingerprint density at radius 3 is 3.25 bits per heavy atom. The minimum Gasteiger partial charge on any atom is -0.480 e. The van der Waals surface area contributed by atoms with E-state index in [1.165, 1.54) is 12.5 Å². The number of aliphatic carboxylic acids is 1. The Morgan fingerprint density at radius 1 is 1.67 bits per heavy atom. The molecule has 0 aromatic carbocycles. The van der Waals surface area contributed by atoms with Crippen LogP contribution in [-0.4, -0.2) is 17.1 Å². The first-order chi connectivity index (χ1) is 5.79. The van der Waals surface area contributed by atoms with Crippen LogP contribution in [0.3, 0.4) is 0 Å². The molecule has 0 saturated carbocycles. The average molecular weight is 168 g/mol. The molecule has 2 unspecified atom stereocenters. The van der Waals surface area contributed by atoms with Crippen LogP contribution in [0.5, 0.6) is 0 Å². The van der Waals surface area contributed by atoms with Gasteiger partial charge in [-0.3, -0.25) is 4.79 Å². The van der Waals surface area contributed by atoms with Gasteiger partial charge in [0.15, 0.2) is 0 Å². The molecule has 2 rings (SSSR count). The topological polar surface area (TPSA) is 70.6 Å². The minimum absolute atomic E-state index is 0.142. The smallest absolute Gasteiger partial charge is 0.323 e. The highest BCUT2D eigenvalue weighted by molar-refractivity contribution is 5.75. The molecule has 1 saturated heterocycles. The van der Waals surface area contributed by atoms with Gasteiger partial charge in [-0.15, -0.1) is 0 Å². The van der Waals surface area contributed by atoms with Crippen LogP contribution in [0.2, 0.25) is 0 Å². The fourth-order valence-electron chi connectivity index (χ4n) is 1.29. The van der Waals surface area contributed by atoms with Crippen molar-refractivity contribution in [2.45, 2.75) is 6.04 Å². The van der Waals surface area contributed by atoms with Crippen LogP contribution >= 0.6 is 0 Å². The second kappa shape index (κ2) is 2.53. The largest absolute Gasteiger partial charge is 0.480 e. The molecule has 0 aromatic rings. The summed E-state index contributed by atoms with van der Waals surface area (Å²) in [6.07, 6.45) is 4.69. The van der Waals surface area contributed by atoms with E-state index in [1.807, 2.05) is 0 Å². The summed E-state index contributed by atoms with van der Waals surface area (Å²) >= 11 is 0. The normalized spacial score (nSPS) is 31.5. The monoisotopic (exact) mass is 168 g/mol. The van der Waals surface area contributed by atoms with E-state index in [4.69, 9.17) is 9.84 Å². The highest BCUT2D eigenvalue weighted by Crippen LogP contribution is 2.22. The van der Waals surface area contributed by atoms with Gasteiger partial charge in [-0.05, 0) is 6.08 Å². The van der Waals surface area contributed by atoms with Gasteiger partial charge >= 0.3 is 5.97 Å². The molecule has 2 aliphatic rings. The molecule has 2 aliphatic heterocycles. The number of fused-ring (bicyclic) bond motifs is 1. The van der Waals surface area contributed by atoms with Gasteiger partial charge in [-0.1, -0.05) is 0 Å². The number of hydrazine groups is 1. The highest BCUT2D eigenvalue weighted by Gasteiger charge is 2.36. The van der Waals surface area contributed by atoms with E-state index in [-0.39, 0.29) is 5.92 Å². The molecular weight excluding hydrogens is 160 g/mol. The Hall–Kier alpha value is -1.49. The number of ether oxygens (including phenoxy) is 1. The fourth-order valence-corrected chi connectivity index (χ4v) is 1.29. The van der Waals surface area contributed by atoms with Crippen molar-refractivity contribution in [3.05, 3.63) is 24.3 Å². The first-order valence-corrected chi connectivity index (χ1v) is 3.55. The molecule has 5 heteroatoms. The van der Waals surface area contributed by atoms with E-state index < -0.39 is 12.0 Å². The van der Waals surface area contributed by atoms with Crippen LogP contribution in [0.15, 0.2) is 24.3 Å². The molecule has 3 N–H and O–H groups in total. The molecule has 12 heavy (non-hydrogen) atoms. The minimum atomic E-state index is -0.873. The highest BCUT2D eigenvalue weighted by atomic mass is 16.5. The van der Waals surface area contributed by atoms with Gasteiger partial charge in [0.25, 0.3) is 0 Å². The van der Waals surface area contributed by atoms with Gasteiger partial charge in [0.05, 0.1) is 17.9 Å². The summed E-state index contributed by atoms with van der Waals surface area (Å²) in [4.78, 5) is 10.7. The molecule has 64 valence electrons. The molecule has 1 fully saturated rings. The van der Waals surface area contributed by atoms with E-state index in [0.717, 1.165) is 5.70 Å². The third kappa shape index (κ3) is 0.947. The number of carboxylic acid groups (broad SMARTS) is 1. The molecule has 2 atom stereocenters.